The second-order valence-corrected chi connectivity index (χ2v) is 5.52. The van der Waals surface area contributed by atoms with Crippen LogP contribution in [0.3, 0.4) is 0 Å². The molecule has 0 aliphatic carbocycles. The van der Waals surface area contributed by atoms with E-state index >= 15 is 0 Å². The molecule has 0 bridgehead atoms. The lowest BCUT2D eigenvalue weighted by molar-refractivity contribution is 0.0950. The fourth-order valence-electron chi connectivity index (χ4n) is 2.06. The molecule has 0 atom stereocenters. The molecule has 1 aromatic heterocycles. The Balaban J connectivity index is 1.77. The summed E-state index contributed by atoms with van der Waals surface area (Å²) in [5, 5.41) is 12.7. The summed E-state index contributed by atoms with van der Waals surface area (Å²) < 4.78 is 1.02. The van der Waals surface area contributed by atoms with Gasteiger partial charge in [-0.2, -0.15) is 10.2 Å². The van der Waals surface area contributed by atoms with E-state index in [0.29, 0.717) is 12.1 Å². The van der Waals surface area contributed by atoms with Gasteiger partial charge < -0.3 is 5.32 Å². The number of nitrogens with one attached hydrogen (secondary N) is 1. The van der Waals surface area contributed by atoms with Crippen LogP contribution in [0, 0.1) is 0 Å². The molecular formula is C16H12BrN3O. The molecule has 21 heavy (non-hydrogen) atoms. The number of fused-ring (bicyclic) bond motifs is 1. The van der Waals surface area contributed by atoms with Gasteiger partial charge in [0, 0.05) is 16.2 Å². The summed E-state index contributed by atoms with van der Waals surface area (Å²) in [5.41, 5.74) is 1.37. The van der Waals surface area contributed by atoms with Gasteiger partial charge in [-0.15, -0.1) is 0 Å². The standard InChI is InChI=1S/C16H12BrN3O/c17-14-6-5-11-8-13(4-3-12(11)9-14)16(21)18-10-15-2-1-7-19-20-15/h1-9H,10H2,(H,18,21). The largest absolute Gasteiger partial charge is 0.346 e. The number of benzene rings is 2. The fraction of sp³-hybridized carbons (Fsp3) is 0.0625. The monoisotopic (exact) mass is 341 g/mol. The van der Waals surface area contributed by atoms with Gasteiger partial charge in [-0.1, -0.05) is 28.1 Å². The molecule has 104 valence electrons. The highest BCUT2D eigenvalue weighted by atomic mass is 79.9. The lowest BCUT2D eigenvalue weighted by Crippen LogP contribution is -2.23. The molecule has 0 radical (unpaired) electrons. The van der Waals surface area contributed by atoms with Crippen molar-refractivity contribution in [2.45, 2.75) is 6.54 Å². The van der Waals surface area contributed by atoms with Crippen molar-refractivity contribution in [2.75, 3.05) is 0 Å². The molecule has 0 aliphatic heterocycles. The lowest BCUT2D eigenvalue weighted by Gasteiger charge is -2.06. The molecule has 1 amide bonds. The Morgan fingerprint density at radius 1 is 1.10 bits per heavy atom. The molecule has 5 heteroatoms. The number of halogens is 1. The molecule has 4 nitrogen and oxygen atoms in total. The van der Waals surface area contributed by atoms with Crippen LogP contribution in [0.4, 0.5) is 0 Å². The molecule has 0 saturated carbocycles. The molecule has 1 heterocycles. The summed E-state index contributed by atoms with van der Waals surface area (Å²) in [7, 11) is 0. The van der Waals surface area contributed by atoms with Gasteiger partial charge in [0.2, 0.25) is 0 Å². The van der Waals surface area contributed by atoms with E-state index < -0.39 is 0 Å². The van der Waals surface area contributed by atoms with Crippen LogP contribution in [-0.4, -0.2) is 16.1 Å². The Hall–Kier alpha value is -2.27. The van der Waals surface area contributed by atoms with Gasteiger partial charge in [-0.3, -0.25) is 4.79 Å². The summed E-state index contributed by atoms with van der Waals surface area (Å²) in [6, 6.07) is 15.2. The van der Waals surface area contributed by atoms with E-state index in [2.05, 4.69) is 31.4 Å². The maximum atomic E-state index is 12.2. The van der Waals surface area contributed by atoms with Gasteiger partial charge in [0.05, 0.1) is 12.2 Å². The Bertz CT molecular complexity index is 790. The number of nitrogens with zero attached hydrogens (tertiary/aromatic N) is 2. The van der Waals surface area contributed by atoms with E-state index in [4.69, 9.17) is 0 Å². The molecule has 1 N–H and O–H groups in total. The Morgan fingerprint density at radius 3 is 2.71 bits per heavy atom. The highest BCUT2D eigenvalue weighted by Gasteiger charge is 2.07. The summed E-state index contributed by atoms with van der Waals surface area (Å²) in [6.07, 6.45) is 1.60. The van der Waals surface area contributed by atoms with Gasteiger partial charge >= 0.3 is 0 Å². The third-order valence-electron chi connectivity index (χ3n) is 3.12. The smallest absolute Gasteiger partial charge is 0.251 e. The fourth-order valence-corrected chi connectivity index (χ4v) is 2.44. The maximum Gasteiger partial charge on any atom is 0.251 e. The van der Waals surface area contributed by atoms with Crippen molar-refractivity contribution in [2.24, 2.45) is 0 Å². The number of aromatic nitrogens is 2. The van der Waals surface area contributed by atoms with Gasteiger partial charge in [0.1, 0.15) is 0 Å². The second-order valence-electron chi connectivity index (χ2n) is 4.60. The first-order chi connectivity index (χ1) is 10.2. The zero-order chi connectivity index (χ0) is 14.7. The first kappa shape index (κ1) is 13.7. The quantitative estimate of drug-likeness (QED) is 0.794. The van der Waals surface area contributed by atoms with Gasteiger partial charge in [0.25, 0.3) is 5.91 Å². The molecule has 0 unspecified atom stereocenters. The molecule has 2 aromatic carbocycles. The van der Waals surface area contributed by atoms with Crippen molar-refractivity contribution in [3.8, 4) is 0 Å². The average molecular weight is 342 g/mol. The third kappa shape index (κ3) is 3.25. The Morgan fingerprint density at radius 2 is 1.90 bits per heavy atom. The predicted octanol–water partition coefficient (Wildman–Crippen LogP) is 3.32. The van der Waals surface area contributed by atoms with Crippen molar-refractivity contribution < 1.29 is 4.79 Å². The highest BCUT2D eigenvalue weighted by Crippen LogP contribution is 2.20. The highest BCUT2D eigenvalue weighted by molar-refractivity contribution is 9.10. The van der Waals surface area contributed by atoms with E-state index in [0.717, 1.165) is 20.9 Å². The van der Waals surface area contributed by atoms with Crippen molar-refractivity contribution in [1.29, 1.82) is 0 Å². The summed E-state index contributed by atoms with van der Waals surface area (Å²) in [5.74, 6) is -0.120. The average Bonchev–Trinajstić information content (AvgIpc) is 2.53. The minimum atomic E-state index is -0.120. The summed E-state index contributed by atoms with van der Waals surface area (Å²) in [4.78, 5) is 12.2. The van der Waals surface area contributed by atoms with E-state index in [1.165, 1.54) is 0 Å². The molecule has 0 fully saturated rings. The number of carbonyl (C=O) groups excluding carboxylic acids is 1. The van der Waals surface area contributed by atoms with Crippen LogP contribution >= 0.6 is 15.9 Å². The van der Waals surface area contributed by atoms with Crippen molar-refractivity contribution in [3.63, 3.8) is 0 Å². The third-order valence-corrected chi connectivity index (χ3v) is 3.62. The summed E-state index contributed by atoms with van der Waals surface area (Å²) in [6.45, 7) is 0.366. The molecule has 3 rings (SSSR count). The normalized spacial score (nSPS) is 10.5. The predicted molar refractivity (Wildman–Crippen MR) is 84.9 cm³/mol. The van der Waals surface area contributed by atoms with E-state index in [1.807, 2.05) is 42.5 Å². The molecule has 0 spiro atoms. The number of rotatable bonds is 3. The van der Waals surface area contributed by atoms with Crippen molar-refractivity contribution in [3.05, 3.63) is 70.5 Å². The molecule has 3 aromatic rings. The van der Waals surface area contributed by atoms with Crippen LogP contribution in [0.5, 0.6) is 0 Å². The van der Waals surface area contributed by atoms with Crippen LogP contribution in [-0.2, 0) is 6.54 Å². The van der Waals surface area contributed by atoms with Crippen LogP contribution in [0.25, 0.3) is 10.8 Å². The number of hydrogen-bond donors (Lipinski definition) is 1. The van der Waals surface area contributed by atoms with E-state index in [9.17, 15) is 4.79 Å². The van der Waals surface area contributed by atoms with Gasteiger partial charge in [-0.05, 0) is 47.2 Å². The maximum absolute atomic E-state index is 12.2. The van der Waals surface area contributed by atoms with E-state index in [-0.39, 0.29) is 5.91 Å². The van der Waals surface area contributed by atoms with Gasteiger partial charge in [0.15, 0.2) is 0 Å². The Labute approximate surface area is 130 Å². The minimum absolute atomic E-state index is 0.120. The molecule has 0 saturated heterocycles. The summed E-state index contributed by atoms with van der Waals surface area (Å²) >= 11 is 3.44. The second kappa shape index (κ2) is 6.01. The zero-order valence-corrected chi connectivity index (χ0v) is 12.7. The van der Waals surface area contributed by atoms with Gasteiger partial charge in [-0.25, -0.2) is 0 Å². The first-order valence-corrected chi connectivity index (χ1v) is 7.26. The van der Waals surface area contributed by atoms with Crippen LogP contribution < -0.4 is 5.32 Å². The van der Waals surface area contributed by atoms with Crippen molar-refractivity contribution >= 4 is 32.6 Å². The van der Waals surface area contributed by atoms with Crippen molar-refractivity contribution in [1.82, 2.24) is 15.5 Å². The lowest BCUT2D eigenvalue weighted by atomic mass is 10.1. The number of hydrogen-bond acceptors (Lipinski definition) is 3. The van der Waals surface area contributed by atoms with Crippen LogP contribution in [0.15, 0.2) is 59.2 Å². The zero-order valence-electron chi connectivity index (χ0n) is 11.1. The minimum Gasteiger partial charge on any atom is -0.346 e. The van der Waals surface area contributed by atoms with Crippen LogP contribution in [0.1, 0.15) is 16.1 Å². The van der Waals surface area contributed by atoms with Crippen LogP contribution in [0.2, 0.25) is 0 Å². The Kier molecular flexibility index (Phi) is 3.92. The van der Waals surface area contributed by atoms with E-state index in [1.54, 1.807) is 12.3 Å². The number of carbonyl (C=O) groups is 1. The number of amides is 1. The molecular weight excluding hydrogens is 330 g/mol. The topological polar surface area (TPSA) is 54.9 Å². The SMILES string of the molecule is O=C(NCc1cccnn1)c1ccc2cc(Br)ccc2c1. The molecule has 0 aliphatic rings. The first-order valence-electron chi connectivity index (χ1n) is 6.46.